The molecule has 2 aromatic carbocycles. The van der Waals surface area contributed by atoms with E-state index >= 15 is 0 Å². The van der Waals surface area contributed by atoms with Gasteiger partial charge in [0.1, 0.15) is 6.29 Å². The third-order valence-corrected chi connectivity index (χ3v) is 6.07. The molecule has 6 nitrogen and oxygen atoms in total. The molecule has 2 amide bonds. The van der Waals surface area contributed by atoms with Gasteiger partial charge in [-0.15, -0.1) is 0 Å². The molecule has 0 saturated carbocycles. The molecular formula is C27H26N2O4. The Balaban J connectivity index is 1.26. The molecule has 1 aromatic heterocycles. The molecule has 3 aromatic rings. The molecule has 0 spiro atoms. The number of rotatable bonds is 10. The zero-order valence-corrected chi connectivity index (χ0v) is 18.6. The number of carbonyl (C=O) groups excluding carboxylic acids is 3. The zero-order valence-electron chi connectivity index (χ0n) is 18.6. The fourth-order valence-corrected chi connectivity index (χ4v) is 4.12. The van der Waals surface area contributed by atoms with Crippen LogP contribution in [0.25, 0.3) is 11.1 Å². The number of aromatic nitrogens is 1. The standard InChI is InChI=1S/C27H26N2O4/c1-33-25-14-13-22(17-28-25)21-11-9-19(10-12-21)5-4-6-20(18-30)15-16-29-26(31)23-7-2-3-8-24(23)27(29)32/h2-3,7-14,17-18,20H,4-6,15-16H2,1H3/t20-/m0/s1. The van der Waals surface area contributed by atoms with Crippen molar-refractivity contribution in [2.24, 2.45) is 5.92 Å². The number of hydrogen-bond acceptors (Lipinski definition) is 5. The molecule has 4 rings (SSSR count). The highest BCUT2D eigenvalue weighted by Gasteiger charge is 2.34. The lowest BCUT2D eigenvalue weighted by Crippen LogP contribution is -2.32. The van der Waals surface area contributed by atoms with Crippen LogP contribution in [-0.4, -0.2) is 41.6 Å². The molecule has 0 aliphatic carbocycles. The summed E-state index contributed by atoms with van der Waals surface area (Å²) in [5, 5.41) is 0. The first-order valence-corrected chi connectivity index (χ1v) is 11.1. The van der Waals surface area contributed by atoms with E-state index in [0.29, 0.717) is 23.4 Å². The molecular weight excluding hydrogens is 416 g/mol. The second-order valence-electron chi connectivity index (χ2n) is 8.17. The Morgan fingerprint density at radius 2 is 1.58 bits per heavy atom. The van der Waals surface area contributed by atoms with Crippen molar-refractivity contribution in [2.75, 3.05) is 13.7 Å². The number of carbonyl (C=O) groups is 3. The lowest BCUT2D eigenvalue weighted by molar-refractivity contribution is -0.111. The summed E-state index contributed by atoms with van der Waals surface area (Å²) in [6, 6.07) is 19.0. The number of nitrogens with zero attached hydrogens (tertiary/aromatic N) is 2. The van der Waals surface area contributed by atoms with Crippen LogP contribution >= 0.6 is 0 Å². The number of ether oxygens (including phenoxy) is 1. The second-order valence-corrected chi connectivity index (χ2v) is 8.17. The van der Waals surface area contributed by atoms with Crippen LogP contribution in [0.2, 0.25) is 0 Å². The molecule has 0 N–H and O–H groups in total. The fraction of sp³-hybridized carbons (Fsp3) is 0.259. The van der Waals surface area contributed by atoms with Gasteiger partial charge < -0.3 is 9.53 Å². The maximum atomic E-state index is 12.5. The third-order valence-electron chi connectivity index (χ3n) is 6.07. The summed E-state index contributed by atoms with van der Waals surface area (Å²) in [7, 11) is 1.59. The maximum absolute atomic E-state index is 12.5. The molecule has 0 saturated heterocycles. The lowest BCUT2D eigenvalue weighted by Gasteiger charge is -2.16. The van der Waals surface area contributed by atoms with Crippen LogP contribution in [-0.2, 0) is 11.2 Å². The van der Waals surface area contributed by atoms with Gasteiger partial charge in [0.25, 0.3) is 11.8 Å². The lowest BCUT2D eigenvalue weighted by atomic mass is 9.97. The van der Waals surface area contributed by atoms with E-state index in [-0.39, 0.29) is 24.3 Å². The summed E-state index contributed by atoms with van der Waals surface area (Å²) in [6.07, 6.45) is 5.65. The summed E-state index contributed by atoms with van der Waals surface area (Å²) in [5.74, 6) is -0.137. The number of hydrogen-bond donors (Lipinski definition) is 0. The fourth-order valence-electron chi connectivity index (χ4n) is 4.12. The molecule has 6 heteroatoms. The second kappa shape index (κ2) is 10.2. The van der Waals surface area contributed by atoms with Crippen molar-refractivity contribution in [3.05, 3.63) is 83.6 Å². The quantitative estimate of drug-likeness (QED) is 0.339. The molecule has 1 aliphatic heterocycles. The Morgan fingerprint density at radius 3 is 2.15 bits per heavy atom. The number of benzene rings is 2. The van der Waals surface area contributed by atoms with Gasteiger partial charge in [-0.3, -0.25) is 14.5 Å². The van der Waals surface area contributed by atoms with Gasteiger partial charge in [0.15, 0.2) is 0 Å². The SMILES string of the molecule is COc1ccc(-c2ccc(CCC[C@H](C=O)CCN3C(=O)c4ccccc4C3=O)cc2)cn1. The van der Waals surface area contributed by atoms with Gasteiger partial charge in [-0.25, -0.2) is 4.98 Å². The van der Waals surface area contributed by atoms with Crippen LogP contribution in [0.5, 0.6) is 5.88 Å². The van der Waals surface area contributed by atoms with E-state index in [4.69, 9.17) is 4.74 Å². The Bertz CT molecular complexity index is 1100. The summed E-state index contributed by atoms with van der Waals surface area (Å²) < 4.78 is 5.10. The molecule has 0 bridgehead atoms. The number of imide groups is 1. The van der Waals surface area contributed by atoms with E-state index in [0.717, 1.165) is 36.7 Å². The predicted molar refractivity (Wildman–Crippen MR) is 125 cm³/mol. The molecule has 33 heavy (non-hydrogen) atoms. The van der Waals surface area contributed by atoms with Crippen molar-refractivity contribution in [1.82, 2.24) is 9.88 Å². The summed E-state index contributed by atoms with van der Waals surface area (Å²) in [5.41, 5.74) is 4.19. The largest absolute Gasteiger partial charge is 0.481 e. The molecule has 0 unspecified atom stereocenters. The van der Waals surface area contributed by atoms with Crippen LogP contribution in [0.1, 0.15) is 45.5 Å². The summed E-state index contributed by atoms with van der Waals surface area (Å²) in [6.45, 7) is 0.264. The predicted octanol–water partition coefficient (Wildman–Crippen LogP) is 4.58. The summed E-state index contributed by atoms with van der Waals surface area (Å²) >= 11 is 0. The molecule has 2 heterocycles. The maximum Gasteiger partial charge on any atom is 0.261 e. The minimum atomic E-state index is -0.271. The molecule has 0 radical (unpaired) electrons. The van der Waals surface area contributed by atoms with E-state index in [9.17, 15) is 14.4 Å². The first-order chi connectivity index (χ1) is 16.1. The topological polar surface area (TPSA) is 76.6 Å². The average Bonchev–Trinajstić information content (AvgIpc) is 3.11. The van der Waals surface area contributed by atoms with Crippen molar-refractivity contribution in [1.29, 1.82) is 0 Å². The molecule has 1 aliphatic rings. The van der Waals surface area contributed by atoms with Gasteiger partial charge in [0, 0.05) is 30.3 Å². The Hall–Kier alpha value is -3.80. The Morgan fingerprint density at radius 1 is 0.909 bits per heavy atom. The number of fused-ring (bicyclic) bond motifs is 1. The summed E-state index contributed by atoms with van der Waals surface area (Å²) in [4.78, 5) is 42.0. The number of methoxy groups -OCH3 is 1. The smallest absolute Gasteiger partial charge is 0.261 e. The number of aldehydes is 1. The van der Waals surface area contributed by atoms with E-state index in [2.05, 4.69) is 29.2 Å². The number of amides is 2. The normalized spacial score (nSPS) is 13.7. The number of pyridine rings is 1. The van der Waals surface area contributed by atoms with Crippen molar-refractivity contribution < 1.29 is 19.1 Å². The minimum absolute atomic E-state index is 0.182. The third kappa shape index (κ3) is 5.00. The van der Waals surface area contributed by atoms with Crippen molar-refractivity contribution >= 4 is 18.1 Å². The van der Waals surface area contributed by atoms with Crippen molar-refractivity contribution in [3.8, 4) is 17.0 Å². The first kappa shape index (κ1) is 22.4. The Labute approximate surface area is 193 Å². The van der Waals surface area contributed by atoms with Gasteiger partial charge in [-0.2, -0.15) is 0 Å². The van der Waals surface area contributed by atoms with Gasteiger partial charge in [-0.1, -0.05) is 36.4 Å². The van der Waals surface area contributed by atoms with Gasteiger partial charge >= 0.3 is 0 Å². The highest BCUT2D eigenvalue weighted by atomic mass is 16.5. The zero-order chi connectivity index (χ0) is 23.2. The van der Waals surface area contributed by atoms with Crippen LogP contribution in [0.3, 0.4) is 0 Å². The van der Waals surface area contributed by atoms with E-state index in [1.165, 1.54) is 10.5 Å². The first-order valence-electron chi connectivity index (χ1n) is 11.1. The van der Waals surface area contributed by atoms with Gasteiger partial charge in [-0.05, 0) is 55.0 Å². The molecule has 1 atom stereocenters. The van der Waals surface area contributed by atoms with Gasteiger partial charge in [0.05, 0.1) is 18.2 Å². The highest BCUT2D eigenvalue weighted by molar-refractivity contribution is 6.21. The van der Waals surface area contributed by atoms with Crippen molar-refractivity contribution in [2.45, 2.75) is 25.7 Å². The highest BCUT2D eigenvalue weighted by Crippen LogP contribution is 2.24. The van der Waals surface area contributed by atoms with Crippen LogP contribution in [0.15, 0.2) is 66.9 Å². The van der Waals surface area contributed by atoms with E-state index in [1.807, 2.05) is 12.1 Å². The van der Waals surface area contributed by atoms with Crippen LogP contribution in [0.4, 0.5) is 0 Å². The average molecular weight is 443 g/mol. The van der Waals surface area contributed by atoms with Crippen LogP contribution in [0, 0.1) is 5.92 Å². The van der Waals surface area contributed by atoms with Crippen LogP contribution < -0.4 is 4.74 Å². The molecule has 168 valence electrons. The Kier molecular flexibility index (Phi) is 6.93. The van der Waals surface area contributed by atoms with E-state index in [1.54, 1.807) is 37.6 Å². The van der Waals surface area contributed by atoms with Gasteiger partial charge in [0.2, 0.25) is 5.88 Å². The number of aryl methyl sites for hydroxylation is 1. The van der Waals surface area contributed by atoms with Crippen molar-refractivity contribution in [3.63, 3.8) is 0 Å². The van der Waals surface area contributed by atoms with E-state index < -0.39 is 0 Å². The minimum Gasteiger partial charge on any atom is -0.481 e. The monoisotopic (exact) mass is 442 g/mol. The molecule has 0 fully saturated rings.